The Morgan fingerprint density at radius 1 is 1.29 bits per heavy atom. The molecule has 3 N–H and O–H groups in total. The first-order valence-electron chi connectivity index (χ1n) is 7.81. The molecule has 1 saturated heterocycles. The molecule has 0 bridgehead atoms. The predicted octanol–water partition coefficient (Wildman–Crippen LogP) is 1.85. The topological polar surface area (TPSA) is 58.4 Å². The van der Waals surface area contributed by atoms with E-state index in [1.807, 2.05) is 37.4 Å². The highest BCUT2D eigenvalue weighted by Crippen LogP contribution is 2.29. The van der Waals surface area contributed by atoms with Crippen LogP contribution < -0.4 is 11.1 Å². The summed E-state index contributed by atoms with van der Waals surface area (Å²) in [6.45, 7) is 5.09. The van der Waals surface area contributed by atoms with Crippen LogP contribution in [-0.4, -0.2) is 36.5 Å². The summed E-state index contributed by atoms with van der Waals surface area (Å²) < 4.78 is 0. The van der Waals surface area contributed by atoms with Crippen LogP contribution in [0, 0.1) is 0 Å². The number of carbonyl (C=O) groups excluding carboxylic acids is 1. The van der Waals surface area contributed by atoms with Crippen molar-refractivity contribution in [3.8, 4) is 0 Å². The third-order valence-corrected chi connectivity index (χ3v) is 4.91. The van der Waals surface area contributed by atoms with Crippen LogP contribution in [0.1, 0.15) is 38.7 Å². The number of nitrogens with zero attached hydrogens (tertiary/aromatic N) is 1. The fraction of sp³-hybridized carbons (Fsp3) is 0.588. The molecular weight excluding hydrogens is 262 g/mol. The van der Waals surface area contributed by atoms with Crippen LogP contribution in [0.15, 0.2) is 30.3 Å². The molecule has 116 valence electrons. The van der Waals surface area contributed by atoms with Gasteiger partial charge in [0.15, 0.2) is 0 Å². The van der Waals surface area contributed by atoms with Gasteiger partial charge in [-0.25, -0.2) is 0 Å². The Bertz CT molecular complexity index is 466. The molecule has 0 aromatic heterocycles. The molecule has 1 aliphatic rings. The Balaban J connectivity index is 2.35. The van der Waals surface area contributed by atoms with Crippen LogP contribution in [0.4, 0.5) is 0 Å². The van der Waals surface area contributed by atoms with E-state index in [1.54, 1.807) is 0 Å². The van der Waals surface area contributed by atoms with E-state index in [9.17, 15) is 4.79 Å². The zero-order valence-electron chi connectivity index (χ0n) is 13.3. The number of hydrogen-bond acceptors (Lipinski definition) is 3. The van der Waals surface area contributed by atoms with Gasteiger partial charge in [-0.2, -0.15) is 0 Å². The number of nitrogens with one attached hydrogen (secondary N) is 1. The molecule has 3 atom stereocenters. The summed E-state index contributed by atoms with van der Waals surface area (Å²) >= 11 is 0. The van der Waals surface area contributed by atoms with Gasteiger partial charge in [-0.1, -0.05) is 36.8 Å². The number of carbonyl (C=O) groups is 1. The second-order valence-corrected chi connectivity index (χ2v) is 6.19. The number of likely N-dealkylation sites (N-methyl/N-ethyl adjacent to an activating group) is 1. The normalized spacial score (nSPS) is 26.2. The van der Waals surface area contributed by atoms with Gasteiger partial charge in [0, 0.05) is 18.6 Å². The molecular formula is C17H27N3O. The average molecular weight is 289 g/mol. The first kappa shape index (κ1) is 16.0. The number of benzene rings is 1. The second kappa shape index (κ2) is 6.58. The zero-order valence-corrected chi connectivity index (χ0v) is 13.3. The van der Waals surface area contributed by atoms with Gasteiger partial charge in [0.2, 0.25) is 5.91 Å². The van der Waals surface area contributed by atoms with Crippen molar-refractivity contribution in [1.82, 2.24) is 10.2 Å². The van der Waals surface area contributed by atoms with Gasteiger partial charge in [0.1, 0.15) is 5.54 Å². The maximum atomic E-state index is 12.3. The van der Waals surface area contributed by atoms with Crippen LogP contribution >= 0.6 is 0 Å². The van der Waals surface area contributed by atoms with E-state index in [0.717, 1.165) is 5.56 Å². The molecule has 1 aromatic rings. The maximum Gasteiger partial charge on any atom is 0.243 e. The van der Waals surface area contributed by atoms with Gasteiger partial charge in [-0.15, -0.1) is 0 Å². The Hall–Kier alpha value is -1.39. The summed E-state index contributed by atoms with van der Waals surface area (Å²) in [6, 6.07) is 10.8. The minimum atomic E-state index is -0.832. The summed E-state index contributed by atoms with van der Waals surface area (Å²) in [4.78, 5) is 14.7. The van der Waals surface area contributed by atoms with Gasteiger partial charge < -0.3 is 11.1 Å². The molecule has 4 heteroatoms. The highest BCUT2D eigenvalue weighted by atomic mass is 16.1. The molecule has 1 aromatic carbocycles. The second-order valence-electron chi connectivity index (χ2n) is 6.19. The SMILES string of the molecule is CNC(CN1C(C)CCCC1C)(C(N)=O)c1ccccc1. The van der Waals surface area contributed by atoms with Crippen LogP contribution in [0.25, 0.3) is 0 Å². The Kier molecular flexibility index (Phi) is 5.01. The molecule has 1 aliphatic heterocycles. The van der Waals surface area contributed by atoms with Crippen molar-refractivity contribution >= 4 is 5.91 Å². The first-order valence-corrected chi connectivity index (χ1v) is 7.81. The minimum Gasteiger partial charge on any atom is -0.368 e. The number of primary amides is 1. The average Bonchev–Trinajstić information content (AvgIpc) is 2.48. The third-order valence-electron chi connectivity index (χ3n) is 4.91. The summed E-state index contributed by atoms with van der Waals surface area (Å²) in [5, 5.41) is 3.20. The Morgan fingerprint density at radius 3 is 2.33 bits per heavy atom. The lowest BCUT2D eigenvalue weighted by atomic mass is 9.86. The molecule has 0 spiro atoms. The largest absolute Gasteiger partial charge is 0.368 e. The molecule has 0 aliphatic carbocycles. The third kappa shape index (κ3) is 3.11. The number of rotatable bonds is 5. The molecule has 21 heavy (non-hydrogen) atoms. The summed E-state index contributed by atoms with van der Waals surface area (Å²) in [5.41, 5.74) is 5.90. The van der Waals surface area contributed by atoms with Crippen molar-refractivity contribution in [3.63, 3.8) is 0 Å². The summed E-state index contributed by atoms with van der Waals surface area (Å²) in [6.07, 6.45) is 3.61. The van der Waals surface area contributed by atoms with Crippen molar-refractivity contribution in [1.29, 1.82) is 0 Å². The monoisotopic (exact) mass is 289 g/mol. The lowest BCUT2D eigenvalue weighted by molar-refractivity contribution is -0.126. The van der Waals surface area contributed by atoms with Gasteiger partial charge in [0.25, 0.3) is 0 Å². The highest BCUT2D eigenvalue weighted by Gasteiger charge is 2.41. The molecule has 2 rings (SSSR count). The van der Waals surface area contributed by atoms with Gasteiger partial charge in [0.05, 0.1) is 0 Å². The molecule has 4 nitrogen and oxygen atoms in total. The fourth-order valence-electron chi connectivity index (χ4n) is 3.44. The number of likely N-dealkylation sites (tertiary alicyclic amines) is 1. The fourth-order valence-corrected chi connectivity index (χ4v) is 3.44. The van der Waals surface area contributed by atoms with E-state index >= 15 is 0 Å². The van der Waals surface area contributed by atoms with E-state index in [4.69, 9.17) is 5.73 Å². The number of hydrogen-bond donors (Lipinski definition) is 2. The van der Waals surface area contributed by atoms with Crippen molar-refractivity contribution < 1.29 is 4.79 Å². The molecule has 0 radical (unpaired) electrons. The van der Waals surface area contributed by atoms with E-state index in [0.29, 0.717) is 18.6 Å². The lowest BCUT2D eigenvalue weighted by Gasteiger charge is -2.44. The van der Waals surface area contributed by atoms with Crippen LogP contribution in [0.3, 0.4) is 0 Å². The van der Waals surface area contributed by atoms with E-state index in [2.05, 4.69) is 24.1 Å². The van der Waals surface area contributed by atoms with E-state index in [1.165, 1.54) is 19.3 Å². The van der Waals surface area contributed by atoms with Crippen LogP contribution in [0.5, 0.6) is 0 Å². The van der Waals surface area contributed by atoms with Crippen molar-refractivity contribution in [2.24, 2.45) is 5.73 Å². The van der Waals surface area contributed by atoms with Crippen LogP contribution in [-0.2, 0) is 10.3 Å². The number of amides is 1. The lowest BCUT2D eigenvalue weighted by Crippen LogP contribution is -2.61. The maximum absolute atomic E-state index is 12.3. The number of nitrogens with two attached hydrogens (primary N) is 1. The van der Waals surface area contributed by atoms with Gasteiger partial charge >= 0.3 is 0 Å². The van der Waals surface area contributed by atoms with Gasteiger partial charge in [-0.3, -0.25) is 9.69 Å². The first-order chi connectivity index (χ1) is 10.0. The Morgan fingerprint density at radius 2 is 1.86 bits per heavy atom. The van der Waals surface area contributed by atoms with E-state index < -0.39 is 5.54 Å². The predicted molar refractivity (Wildman–Crippen MR) is 85.9 cm³/mol. The van der Waals surface area contributed by atoms with Gasteiger partial charge in [-0.05, 0) is 39.3 Å². The summed E-state index contributed by atoms with van der Waals surface area (Å²) in [5.74, 6) is -0.318. The minimum absolute atomic E-state index is 0.318. The summed E-state index contributed by atoms with van der Waals surface area (Å²) in [7, 11) is 1.82. The number of piperidine rings is 1. The van der Waals surface area contributed by atoms with E-state index in [-0.39, 0.29) is 5.91 Å². The van der Waals surface area contributed by atoms with Crippen molar-refractivity contribution in [3.05, 3.63) is 35.9 Å². The molecule has 1 heterocycles. The molecule has 3 unspecified atom stereocenters. The zero-order chi connectivity index (χ0) is 15.5. The standard InChI is InChI=1S/C17H27N3O/c1-13-8-7-9-14(2)20(13)12-17(19-3,16(18)21)15-10-5-4-6-11-15/h4-6,10-11,13-14,19H,7-9,12H2,1-3H3,(H2,18,21). The molecule has 1 fully saturated rings. The quantitative estimate of drug-likeness (QED) is 0.870. The molecule has 0 saturated carbocycles. The highest BCUT2D eigenvalue weighted by molar-refractivity contribution is 5.86. The van der Waals surface area contributed by atoms with Crippen molar-refractivity contribution in [2.45, 2.75) is 50.7 Å². The molecule has 1 amide bonds. The van der Waals surface area contributed by atoms with Crippen LogP contribution in [0.2, 0.25) is 0 Å². The Labute approximate surface area is 127 Å². The van der Waals surface area contributed by atoms with Crippen molar-refractivity contribution in [2.75, 3.05) is 13.6 Å². The smallest absolute Gasteiger partial charge is 0.243 e.